The van der Waals surface area contributed by atoms with Gasteiger partial charge in [-0.05, 0) is 51.6 Å². The molecule has 4 heteroatoms. The number of nitrogens with two attached hydrogens (primary N) is 1. The Morgan fingerprint density at radius 2 is 2.24 bits per heavy atom. The molecule has 0 aliphatic carbocycles. The molecular weight excluding hydrogens is 214 g/mol. The average Bonchev–Trinajstić information content (AvgIpc) is 2.60. The summed E-state index contributed by atoms with van der Waals surface area (Å²) < 4.78 is 0. The van der Waals surface area contributed by atoms with E-state index in [9.17, 15) is 4.79 Å². The molecular formula is C13H27N3O. The van der Waals surface area contributed by atoms with E-state index in [0.717, 1.165) is 12.3 Å². The highest BCUT2D eigenvalue weighted by Crippen LogP contribution is 2.22. The standard InChI is InChI=1S/C13H27N3O/c1-3-12-5-4-9-16(10-8-12)11(2)6-7-13(17)15-14/h11-12H,3-10,14H2,1-2H3,(H,15,17). The van der Waals surface area contributed by atoms with Crippen molar-refractivity contribution >= 4 is 5.91 Å². The highest BCUT2D eigenvalue weighted by molar-refractivity contribution is 5.75. The fourth-order valence-corrected chi connectivity index (χ4v) is 2.63. The number of rotatable bonds is 5. The van der Waals surface area contributed by atoms with Crippen LogP contribution in [0.15, 0.2) is 0 Å². The van der Waals surface area contributed by atoms with E-state index < -0.39 is 0 Å². The van der Waals surface area contributed by atoms with Crippen LogP contribution in [-0.2, 0) is 4.79 Å². The van der Waals surface area contributed by atoms with Crippen LogP contribution in [0.25, 0.3) is 0 Å². The molecule has 0 aromatic heterocycles. The van der Waals surface area contributed by atoms with E-state index in [-0.39, 0.29) is 5.91 Å². The Morgan fingerprint density at radius 1 is 1.47 bits per heavy atom. The van der Waals surface area contributed by atoms with Crippen molar-refractivity contribution in [1.29, 1.82) is 0 Å². The number of hydrogen-bond acceptors (Lipinski definition) is 3. The maximum Gasteiger partial charge on any atom is 0.233 e. The third-order valence-electron chi connectivity index (χ3n) is 4.03. The van der Waals surface area contributed by atoms with Crippen LogP contribution < -0.4 is 11.3 Å². The molecule has 2 unspecified atom stereocenters. The highest BCUT2D eigenvalue weighted by Gasteiger charge is 2.19. The van der Waals surface area contributed by atoms with Crippen LogP contribution in [0.1, 0.15) is 52.4 Å². The number of carbonyl (C=O) groups excluding carboxylic acids is 1. The van der Waals surface area contributed by atoms with Gasteiger partial charge in [-0.15, -0.1) is 0 Å². The zero-order chi connectivity index (χ0) is 12.7. The topological polar surface area (TPSA) is 58.4 Å². The van der Waals surface area contributed by atoms with Crippen LogP contribution in [0.4, 0.5) is 0 Å². The summed E-state index contributed by atoms with van der Waals surface area (Å²) >= 11 is 0. The van der Waals surface area contributed by atoms with Gasteiger partial charge in [0.1, 0.15) is 0 Å². The van der Waals surface area contributed by atoms with E-state index >= 15 is 0 Å². The van der Waals surface area contributed by atoms with Crippen LogP contribution in [0.2, 0.25) is 0 Å². The van der Waals surface area contributed by atoms with Crippen molar-refractivity contribution in [3.63, 3.8) is 0 Å². The fourth-order valence-electron chi connectivity index (χ4n) is 2.63. The van der Waals surface area contributed by atoms with E-state index in [2.05, 4.69) is 24.2 Å². The summed E-state index contributed by atoms with van der Waals surface area (Å²) in [5, 5.41) is 0. The molecule has 0 bridgehead atoms. The number of carbonyl (C=O) groups is 1. The Labute approximate surface area is 105 Å². The number of nitrogens with one attached hydrogen (secondary N) is 1. The van der Waals surface area contributed by atoms with E-state index in [1.807, 2.05) is 0 Å². The summed E-state index contributed by atoms with van der Waals surface area (Å²) in [5.74, 6) is 5.93. The maximum atomic E-state index is 11.1. The number of hydrogen-bond donors (Lipinski definition) is 2. The Morgan fingerprint density at radius 3 is 2.88 bits per heavy atom. The molecule has 1 rings (SSSR count). The molecule has 1 saturated heterocycles. The molecule has 0 aromatic carbocycles. The van der Waals surface area contributed by atoms with E-state index in [1.54, 1.807) is 0 Å². The number of likely N-dealkylation sites (tertiary alicyclic amines) is 1. The Hall–Kier alpha value is -0.610. The summed E-state index contributed by atoms with van der Waals surface area (Å²) in [5.41, 5.74) is 2.19. The lowest BCUT2D eigenvalue weighted by atomic mass is 9.98. The van der Waals surface area contributed by atoms with Crippen LogP contribution in [0.3, 0.4) is 0 Å². The zero-order valence-electron chi connectivity index (χ0n) is 11.2. The summed E-state index contributed by atoms with van der Waals surface area (Å²) in [4.78, 5) is 13.6. The molecule has 1 aliphatic rings. The minimum Gasteiger partial charge on any atom is -0.301 e. The molecule has 2 atom stereocenters. The molecule has 0 aromatic rings. The molecule has 0 spiro atoms. The first-order valence-electron chi connectivity index (χ1n) is 6.90. The Balaban J connectivity index is 2.31. The van der Waals surface area contributed by atoms with Gasteiger partial charge in [-0.2, -0.15) is 0 Å². The number of hydrazine groups is 1. The van der Waals surface area contributed by atoms with Crippen molar-refractivity contribution in [1.82, 2.24) is 10.3 Å². The quantitative estimate of drug-likeness (QED) is 0.437. The molecule has 1 fully saturated rings. The van der Waals surface area contributed by atoms with Gasteiger partial charge < -0.3 is 4.90 Å². The van der Waals surface area contributed by atoms with Gasteiger partial charge in [0.25, 0.3) is 0 Å². The minimum atomic E-state index is -0.0573. The largest absolute Gasteiger partial charge is 0.301 e. The van der Waals surface area contributed by atoms with Crippen LogP contribution in [0.5, 0.6) is 0 Å². The molecule has 3 N–H and O–H groups in total. The first-order valence-corrected chi connectivity index (χ1v) is 6.90. The highest BCUT2D eigenvalue weighted by atomic mass is 16.2. The summed E-state index contributed by atoms with van der Waals surface area (Å²) in [6, 6.07) is 0.489. The lowest BCUT2D eigenvalue weighted by molar-refractivity contribution is -0.121. The first kappa shape index (κ1) is 14.5. The molecule has 0 saturated carbocycles. The van der Waals surface area contributed by atoms with Crippen molar-refractivity contribution in [2.75, 3.05) is 13.1 Å². The third-order valence-corrected chi connectivity index (χ3v) is 4.03. The molecule has 0 radical (unpaired) electrons. The normalized spacial score (nSPS) is 24.1. The first-order chi connectivity index (χ1) is 8.17. The third kappa shape index (κ3) is 5.04. The molecule has 100 valence electrons. The number of nitrogens with zero attached hydrogens (tertiary/aromatic N) is 1. The van der Waals surface area contributed by atoms with Crippen molar-refractivity contribution in [2.24, 2.45) is 11.8 Å². The van der Waals surface area contributed by atoms with Gasteiger partial charge in [0.15, 0.2) is 0 Å². The molecule has 1 amide bonds. The average molecular weight is 241 g/mol. The van der Waals surface area contributed by atoms with Crippen LogP contribution in [-0.4, -0.2) is 29.9 Å². The number of amides is 1. The van der Waals surface area contributed by atoms with Crippen LogP contribution in [0, 0.1) is 5.92 Å². The van der Waals surface area contributed by atoms with Gasteiger partial charge in [0.2, 0.25) is 5.91 Å². The molecule has 4 nitrogen and oxygen atoms in total. The lowest BCUT2D eigenvalue weighted by Gasteiger charge is -2.27. The SMILES string of the molecule is CCC1CCCN(C(C)CCC(=O)NN)CC1. The summed E-state index contributed by atoms with van der Waals surface area (Å²) in [7, 11) is 0. The van der Waals surface area contributed by atoms with Gasteiger partial charge in [0.05, 0.1) is 0 Å². The fraction of sp³-hybridized carbons (Fsp3) is 0.923. The van der Waals surface area contributed by atoms with Gasteiger partial charge in [-0.1, -0.05) is 13.3 Å². The van der Waals surface area contributed by atoms with Crippen molar-refractivity contribution in [2.45, 2.75) is 58.4 Å². The predicted octanol–water partition coefficient (Wildman–Crippen LogP) is 1.66. The smallest absolute Gasteiger partial charge is 0.233 e. The Bertz CT molecular complexity index is 233. The van der Waals surface area contributed by atoms with Crippen molar-refractivity contribution < 1.29 is 4.79 Å². The molecule has 1 aliphatic heterocycles. The van der Waals surface area contributed by atoms with E-state index in [0.29, 0.717) is 12.5 Å². The predicted molar refractivity (Wildman–Crippen MR) is 70.2 cm³/mol. The lowest BCUT2D eigenvalue weighted by Crippen LogP contribution is -2.36. The molecule has 1 heterocycles. The zero-order valence-corrected chi connectivity index (χ0v) is 11.2. The van der Waals surface area contributed by atoms with Gasteiger partial charge in [-0.3, -0.25) is 10.2 Å². The second-order valence-corrected chi connectivity index (χ2v) is 5.20. The summed E-state index contributed by atoms with van der Waals surface area (Å²) in [6.45, 7) is 6.87. The van der Waals surface area contributed by atoms with Gasteiger partial charge >= 0.3 is 0 Å². The van der Waals surface area contributed by atoms with E-state index in [4.69, 9.17) is 5.84 Å². The van der Waals surface area contributed by atoms with E-state index in [1.165, 1.54) is 38.8 Å². The monoisotopic (exact) mass is 241 g/mol. The van der Waals surface area contributed by atoms with Crippen LogP contribution >= 0.6 is 0 Å². The second-order valence-electron chi connectivity index (χ2n) is 5.20. The summed E-state index contributed by atoms with van der Waals surface area (Å²) in [6.07, 6.45) is 6.71. The Kier molecular flexibility index (Phi) is 6.52. The van der Waals surface area contributed by atoms with Crippen molar-refractivity contribution in [3.05, 3.63) is 0 Å². The van der Waals surface area contributed by atoms with Gasteiger partial charge in [0, 0.05) is 12.5 Å². The second kappa shape index (κ2) is 7.67. The van der Waals surface area contributed by atoms with Crippen molar-refractivity contribution in [3.8, 4) is 0 Å². The molecule has 17 heavy (non-hydrogen) atoms. The minimum absolute atomic E-state index is 0.0573. The maximum absolute atomic E-state index is 11.1. The van der Waals surface area contributed by atoms with Gasteiger partial charge in [-0.25, -0.2) is 5.84 Å².